The van der Waals surface area contributed by atoms with Gasteiger partial charge in [0.25, 0.3) is 0 Å². The van der Waals surface area contributed by atoms with Crippen molar-refractivity contribution >= 4 is 11.3 Å². The Kier molecular flexibility index (Phi) is 4.73. The summed E-state index contributed by atoms with van der Waals surface area (Å²) in [6.07, 6.45) is 0. The third-order valence-corrected chi connectivity index (χ3v) is 3.40. The van der Waals surface area contributed by atoms with Gasteiger partial charge in [0, 0.05) is 11.9 Å². The first-order valence-electron chi connectivity index (χ1n) is 6.11. The van der Waals surface area contributed by atoms with Gasteiger partial charge in [0.05, 0.1) is 5.69 Å². The van der Waals surface area contributed by atoms with Gasteiger partial charge < -0.3 is 10.1 Å². The Morgan fingerprint density at radius 1 is 1.39 bits per heavy atom. The highest BCUT2D eigenvalue weighted by Gasteiger charge is 2.02. The van der Waals surface area contributed by atoms with Crippen LogP contribution >= 0.6 is 11.3 Å². The first kappa shape index (κ1) is 13.1. The minimum Gasteiger partial charge on any atom is -0.487 e. The van der Waals surface area contributed by atoms with Crippen LogP contribution in [-0.4, -0.2) is 11.5 Å². The lowest BCUT2D eigenvalue weighted by molar-refractivity contribution is 0.301. The molecule has 1 N–H and O–H groups in total. The van der Waals surface area contributed by atoms with Gasteiger partial charge in [-0.15, -0.1) is 11.3 Å². The van der Waals surface area contributed by atoms with Gasteiger partial charge in [-0.1, -0.05) is 19.1 Å². The van der Waals surface area contributed by atoms with Crippen LogP contribution in [0.4, 0.5) is 0 Å². The van der Waals surface area contributed by atoms with Gasteiger partial charge in [0.1, 0.15) is 17.4 Å². The first-order valence-corrected chi connectivity index (χ1v) is 6.99. The molecule has 0 unspecified atom stereocenters. The topological polar surface area (TPSA) is 34.2 Å². The van der Waals surface area contributed by atoms with Gasteiger partial charge in [-0.05, 0) is 31.2 Å². The Bertz CT molecular complexity index is 496. The maximum absolute atomic E-state index is 5.71. The Morgan fingerprint density at radius 2 is 2.28 bits per heavy atom. The molecule has 0 fully saturated rings. The fraction of sp³-hybridized carbons (Fsp3) is 0.357. The zero-order chi connectivity index (χ0) is 12.8. The molecule has 0 spiro atoms. The number of benzene rings is 1. The summed E-state index contributed by atoms with van der Waals surface area (Å²) in [4.78, 5) is 4.52. The summed E-state index contributed by atoms with van der Waals surface area (Å²) in [6, 6.07) is 8.07. The van der Waals surface area contributed by atoms with Crippen molar-refractivity contribution in [2.45, 2.75) is 27.0 Å². The average molecular weight is 262 g/mol. The minimum absolute atomic E-state index is 0.534. The lowest BCUT2D eigenvalue weighted by atomic mass is 10.2. The predicted molar refractivity (Wildman–Crippen MR) is 75.0 cm³/mol. The van der Waals surface area contributed by atoms with Crippen molar-refractivity contribution in [2.24, 2.45) is 0 Å². The Balaban J connectivity index is 1.88. The molecule has 1 heterocycles. The highest BCUT2D eigenvalue weighted by molar-refractivity contribution is 7.09. The van der Waals surface area contributed by atoms with Gasteiger partial charge in [-0.2, -0.15) is 0 Å². The number of nitrogens with zero attached hydrogens (tertiary/aromatic N) is 1. The van der Waals surface area contributed by atoms with E-state index in [0.717, 1.165) is 29.5 Å². The van der Waals surface area contributed by atoms with Crippen LogP contribution in [0.5, 0.6) is 5.75 Å². The van der Waals surface area contributed by atoms with Crippen molar-refractivity contribution in [2.75, 3.05) is 6.54 Å². The van der Waals surface area contributed by atoms with E-state index in [4.69, 9.17) is 4.74 Å². The molecule has 1 aromatic carbocycles. The molecule has 2 aromatic rings. The number of hydrogen-bond acceptors (Lipinski definition) is 4. The molecule has 0 bridgehead atoms. The molecular weight excluding hydrogens is 244 g/mol. The van der Waals surface area contributed by atoms with E-state index >= 15 is 0 Å². The van der Waals surface area contributed by atoms with E-state index in [0.29, 0.717) is 6.61 Å². The molecule has 0 aliphatic rings. The Labute approximate surface area is 112 Å². The molecule has 1 aromatic heterocycles. The second kappa shape index (κ2) is 6.52. The van der Waals surface area contributed by atoms with E-state index < -0.39 is 0 Å². The Hall–Kier alpha value is -1.39. The van der Waals surface area contributed by atoms with E-state index in [9.17, 15) is 0 Å². The minimum atomic E-state index is 0.534. The van der Waals surface area contributed by atoms with Crippen LogP contribution in [0.15, 0.2) is 29.6 Å². The number of aryl methyl sites for hydroxylation is 1. The Morgan fingerprint density at radius 3 is 3.06 bits per heavy atom. The summed E-state index contributed by atoms with van der Waals surface area (Å²) < 4.78 is 5.71. The normalized spacial score (nSPS) is 10.6. The number of ether oxygens (including phenoxy) is 1. The third-order valence-electron chi connectivity index (χ3n) is 2.50. The summed E-state index contributed by atoms with van der Waals surface area (Å²) >= 11 is 1.67. The molecule has 0 saturated heterocycles. The second-order valence-electron chi connectivity index (χ2n) is 4.12. The highest BCUT2D eigenvalue weighted by Crippen LogP contribution is 2.16. The maximum Gasteiger partial charge on any atom is 0.131 e. The number of nitrogens with one attached hydrogen (secondary N) is 1. The quantitative estimate of drug-likeness (QED) is 0.868. The van der Waals surface area contributed by atoms with Crippen LogP contribution in [-0.2, 0) is 13.2 Å². The lowest BCUT2D eigenvalue weighted by Gasteiger charge is -2.04. The second-order valence-corrected chi connectivity index (χ2v) is 5.06. The molecule has 0 radical (unpaired) electrons. The molecule has 0 atom stereocenters. The van der Waals surface area contributed by atoms with Crippen LogP contribution in [0, 0.1) is 6.92 Å². The molecule has 96 valence electrons. The summed E-state index contributed by atoms with van der Waals surface area (Å²) in [6.45, 7) is 6.49. The molecule has 4 heteroatoms. The number of rotatable bonds is 6. The van der Waals surface area contributed by atoms with Crippen molar-refractivity contribution in [3.8, 4) is 5.75 Å². The highest BCUT2D eigenvalue weighted by atomic mass is 32.1. The standard InChI is InChI=1S/C14H18N2OS/c1-3-15-8-14-16-12(10-18-14)9-17-13-6-4-5-11(2)7-13/h4-7,10,15H,3,8-9H2,1-2H3. The molecule has 0 saturated carbocycles. The van der Waals surface area contributed by atoms with E-state index in [-0.39, 0.29) is 0 Å². The number of aromatic nitrogens is 1. The molecule has 18 heavy (non-hydrogen) atoms. The first-order chi connectivity index (χ1) is 8.78. The largest absolute Gasteiger partial charge is 0.487 e. The maximum atomic E-state index is 5.71. The lowest BCUT2D eigenvalue weighted by Crippen LogP contribution is -2.11. The monoisotopic (exact) mass is 262 g/mol. The van der Waals surface area contributed by atoms with Crippen molar-refractivity contribution in [1.82, 2.24) is 10.3 Å². The predicted octanol–water partition coefficient (Wildman–Crippen LogP) is 3.14. The molecule has 2 rings (SSSR count). The summed E-state index contributed by atoms with van der Waals surface area (Å²) in [7, 11) is 0. The van der Waals surface area contributed by atoms with Gasteiger partial charge >= 0.3 is 0 Å². The van der Waals surface area contributed by atoms with Crippen LogP contribution in [0.3, 0.4) is 0 Å². The van der Waals surface area contributed by atoms with Gasteiger partial charge in [0.2, 0.25) is 0 Å². The molecule has 0 aliphatic carbocycles. The van der Waals surface area contributed by atoms with E-state index in [2.05, 4.69) is 35.6 Å². The molecule has 0 amide bonds. The fourth-order valence-electron chi connectivity index (χ4n) is 1.59. The van der Waals surface area contributed by atoms with Crippen molar-refractivity contribution in [1.29, 1.82) is 0 Å². The van der Waals surface area contributed by atoms with Gasteiger partial charge in [-0.3, -0.25) is 0 Å². The summed E-state index contributed by atoms with van der Waals surface area (Å²) in [5, 5.41) is 6.44. The molecule has 3 nitrogen and oxygen atoms in total. The SMILES string of the molecule is CCNCc1nc(COc2cccc(C)c2)cs1. The van der Waals surface area contributed by atoms with Crippen molar-refractivity contribution < 1.29 is 4.74 Å². The molecule has 0 aliphatic heterocycles. The fourth-order valence-corrected chi connectivity index (χ4v) is 2.34. The molecular formula is C14H18N2OS. The van der Waals surface area contributed by atoms with E-state index in [1.807, 2.05) is 18.2 Å². The van der Waals surface area contributed by atoms with Crippen LogP contribution in [0.1, 0.15) is 23.2 Å². The van der Waals surface area contributed by atoms with Crippen LogP contribution in [0.25, 0.3) is 0 Å². The van der Waals surface area contributed by atoms with Crippen LogP contribution in [0.2, 0.25) is 0 Å². The smallest absolute Gasteiger partial charge is 0.131 e. The summed E-state index contributed by atoms with van der Waals surface area (Å²) in [5.74, 6) is 0.899. The van der Waals surface area contributed by atoms with E-state index in [1.54, 1.807) is 11.3 Å². The zero-order valence-corrected chi connectivity index (χ0v) is 11.6. The summed E-state index contributed by atoms with van der Waals surface area (Å²) in [5.41, 5.74) is 2.20. The zero-order valence-electron chi connectivity index (χ0n) is 10.8. The average Bonchev–Trinajstić information content (AvgIpc) is 2.82. The van der Waals surface area contributed by atoms with Crippen molar-refractivity contribution in [3.05, 3.63) is 45.9 Å². The third kappa shape index (κ3) is 3.82. The number of thiazole rings is 1. The number of hydrogen-bond donors (Lipinski definition) is 1. The van der Waals surface area contributed by atoms with Gasteiger partial charge in [-0.25, -0.2) is 4.98 Å². The van der Waals surface area contributed by atoms with E-state index in [1.165, 1.54) is 5.56 Å². The van der Waals surface area contributed by atoms with Crippen LogP contribution < -0.4 is 10.1 Å². The van der Waals surface area contributed by atoms with Gasteiger partial charge in [0.15, 0.2) is 0 Å². The van der Waals surface area contributed by atoms with Crippen molar-refractivity contribution in [3.63, 3.8) is 0 Å².